The van der Waals surface area contributed by atoms with E-state index in [9.17, 15) is 4.79 Å². The number of unbranched alkanes of at least 4 members (excludes halogenated alkanes) is 2. The summed E-state index contributed by atoms with van der Waals surface area (Å²) >= 11 is 0. The van der Waals surface area contributed by atoms with Gasteiger partial charge >= 0.3 is 0 Å². The molecule has 1 heterocycles. The molecule has 0 saturated heterocycles. The largest absolute Gasteiger partial charge is 0.454 e. The van der Waals surface area contributed by atoms with Gasteiger partial charge in [-0.25, -0.2) is 0 Å². The Kier molecular flexibility index (Phi) is 6.00. The Labute approximate surface area is 145 Å². The zero-order valence-electron chi connectivity index (χ0n) is 14.8. The molecule has 3 rings (SSSR count). The quantitative estimate of drug-likeness (QED) is 0.682. The number of nitrogens with zero attached hydrogens (tertiary/aromatic N) is 1. The summed E-state index contributed by atoms with van der Waals surface area (Å²) in [6.07, 6.45) is 10.0. The minimum Gasteiger partial charge on any atom is -0.454 e. The molecule has 1 fully saturated rings. The maximum absolute atomic E-state index is 12.8. The molecule has 0 bridgehead atoms. The molecule has 132 valence electrons. The van der Waals surface area contributed by atoms with Gasteiger partial charge in [0.2, 0.25) is 12.7 Å². The number of hydrogen-bond donors (Lipinski definition) is 0. The number of ether oxygens (including phenoxy) is 2. The lowest BCUT2D eigenvalue weighted by Crippen LogP contribution is -2.40. The van der Waals surface area contributed by atoms with Crippen molar-refractivity contribution in [2.45, 2.75) is 77.3 Å². The van der Waals surface area contributed by atoms with Gasteiger partial charge in [0.15, 0.2) is 11.5 Å². The first kappa shape index (κ1) is 17.1. The molecule has 24 heavy (non-hydrogen) atoms. The van der Waals surface area contributed by atoms with Gasteiger partial charge in [0.25, 0.3) is 0 Å². The minimum atomic E-state index is 0.293. The number of amides is 1. The molecule has 0 N–H and O–H groups in total. The molecule has 1 aromatic carbocycles. The van der Waals surface area contributed by atoms with Crippen molar-refractivity contribution < 1.29 is 14.3 Å². The van der Waals surface area contributed by atoms with Gasteiger partial charge in [0.1, 0.15) is 0 Å². The van der Waals surface area contributed by atoms with E-state index in [0.717, 1.165) is 49.2 Å². The van der Waals surface area contributed by atoms with Crippen LogP contribution in [-0.4, -0.2) is 23.6 Å². The average molecular weight is 331 g/mol. The van der Waals surface area contributed by atoms with E-state index in [2.05, 4.69) is 17.9 Å². The molecule has 0 radical (unpaired) electrons. The van der Waals surface area contributed by atoms with E-state index in [1.54, 1.807) is 0 Å². The van der Waals surface area contributed by atoms with Crippen LogP contribution in [0.1, 0.15) is 70.3 Å². The molecule has 0 unspecified atom stereocenters. The molecule has 2 aliphatic rings. The molecule has 1 aliphatic carbocycles. The van der Waals surface area contributed by atoms with Crippen molar-refractivity contribution in [2.24, 2.45) is 0 Å². The van der Waals surface area contributed by atoms with Gasteiger partial charge in [-0.1, -0.05) is 45.1 Å². The third-order valence-corrected chi connectivity index (χ3v) is 5.12. The Morgan fingerprint density at radius 3 is 2.71 bits per heavy atom. The zero-order valence-corrected chi connectivity index (χ0v) is 14.8. The molecule has 0 atom stereocenters. The highest BCUT2D eigenvalue weighted by molar-refractivity contribution is 5.76. The second-order valence-electron chi connectivity index (χ2n) is 6.96. The van der Waals surface area contributed by atoms with E-state index in [4.69, 9.17) is 9.47 Å². The minimum absolute atomic E-state index is 0.293. The lowest BCUT2D eigenvalue weighted by molar-refractivity contribution is -0.135. The number of carbonyl (C=O) groups is 1. The van der Waals surface area contributed by atoms with Crippen molar-refractivity contribution in [3.05, 3.63) is 23.8 Å². The van der Waals surface area contributed by atoms with Crippen molar-refractivity contribution in [1.82, 2.24) is 4.90 Å². The summed E-state index contributed by atoms with van der Waals surface area (Å²) in [6, 6.07) is 6.44. The topological polar surface area (TPSA) is 38.8 Å². The summed E-state index contributed by atoms with van der Waals surface area (Å²) < 4.78 is 10.9. The third kappa shape index (κ3) is 4.22. The summed E-state index contributed by atoms with van der Waals surface area (Å²) in [6.45, 7) is 3.16. The monoisotopic (exact) mass is 331 g/mol. The Morgan fingerprint density at radius 2 is 1.92 bits per heavy atom. The summed E-state index contributed by atoms with van der Waals surface area (Å²) in [5.41, 5.74) is 1.13. The summed E-state index contributed by atoms with van der Waals surface area (Å²) in [5.74, 6) is 1.92. The van der Waals surface area contributed by atoms with Crippen molar-refractivity contribution in [1.29, 1.82) is 0 Å². The van der Waals surface area contributed by atoms with Crippen molar-refractivity contribution >= 4 is 5.91 Å². The molecule has 4 heteroatoms. The molecular weight excluding hydrogens is 302 g/mol. The van der Waals surface area contributed by atoms with Gasteiger partial charge in [0, 0.05) is 19.0 Å². The van der Waals surface area contributed by atoms with Crippen molar-refractivity contribution in [3.8, 4) is 11.5 Å². The summed E-state index contributed by atoms with van der Waals surface area (Å²) in [5, 5.41) is 0. The highest BCUT2D eigenvalue weighted by atomic mass is 16.7. The molecule has 1 aromatic rings. The van der Waals surface area contributed by atoms with Crippen LogP contribution in [-0.2, 0) is 11.3 Å². The molecule has 1 saturated carbocycles. The van der Waals surface area contributed by atoms with Gasteiger partial charge in [-0.3, -0.25) is 4.79 Å². The molecule has 4 nitrogen and oxygen atoms in total. The van der Waals surface area contributed by atoms with Crippen LogP contribution in [0.25, 0.3) is 0 Å². The summed E-state index contributed by atoms with van der Waals surface area (Å²) in [7, 11) is 0. The Hall–Kier alpha value is -1.71. The van der Waals surface area contributed by atoms with Gasteiger partial charge < -0.3 is 14.4 Å². The predicted molar refractivity (Wildman–Crippen MR) is 94.1 cm³/mol. The number of rotatable bonds is 7. The van der Waals surface area contributed by atoms with Crippen LogP contribution in [0.5, 0.6) is 11.5 Å². The second-order valence-corrected chi connectivity index (χ2v) is 6.96. The fourth-order valence-electron chi connectivity index (χ4n) is 3.72. The van der Waals surface area contributed by atoms with Crippen LogP contribution in [0.15, 0.2) is 18.2 Å². The standard InChI is InChI=1S/C20H29NO3/c1-2-3-5-10-20(22)21(17-8-6-4-7-9-17)14-16-11-12-18-19(13-16)24-15-23-18/h11-13,17H,2-10,14-15H2,1H3. The second kappa shape index (κ2) is 8.41. The summed E-state index contributed by atoms with van der Waals surface area (Å²) in [4.78, 5) is 15.0. The van der Waals surface area contributed by atoms with Crippen LogP contribution in [0, 0.1) is 0 Å². The third-order valence-electron chi connectivity index (χ3n) is 5.12. The maximum atomic E-state index is 12.8. The first-order valence-corrected chi connectivity index (χ1v) is 9.46. The fraction of sp³-hybridized carbons (Fsp3) is 0.650. The molecule has 0 aromatic heterocycles. The van der Waals surface area contributed by atoms with Crippen molar-refractivity contribution in [3.63, 3.8) is 0 Å². The SMILES string of the molecule is CCCCCC(=O)N(Cc1ccc2c(c1)OCO2)C1CCCCC1. The molecule has 1 amide bonds. The highest BCUT2D eigenvalue weighted by Gasteiger charge is 2.25. The maximum Gasteiger partial charge on any atom is 0.231 e. The highest BCUT2D eigenvalue weighted by Crippen LogP contribution is 2.33. The smallest absolute Gasteiger partial charge is 0.231 e. The Bertz CT molecular complexity index is 552. The predicted octanol–water partition coefficient (Wildman–Crippen LogP) is 4.66. The molecular formula is C20H29NO3. The normalized spacial score (nSPS) is 17.0. The van der Waals surface area contributed by atoms with E-state index >= 15 is 0 Å². The average Bonchev–Trinajstić information content (AvgIpc) is 3.08. The first-order valence-electron chi connectivity index (χ1n) is 9.46. The van der Waals surface area contributed by atoms with Gasteiger partial charge in [0.05, 0.1) is 0 Å². The van der Waals surface area contributed by atoms with Gasteiger partial charge in [-0.05, 0) is 37.0 Å². The van der Waals surface area contributed by atoms with Crippen LogP contribution in [0.3, 0.4) is 0 Å². The van der Waals surface area contributed by atoms with E-state index in [1.165, 1.54) is 19.3 Å². The lowest BCUT2D eigenvalue weighted by Gasteiger charge is -2.34. The number of fused-ring (bicyclic) bond motifs is 1. The van der Waals surface area contributed by atoms with Crippen LogP contribution in [0.2, 0.25) is 0 Å². The number of carbonyl (C=O) groups excluding carboxylic acids is 1. The van der Waals surface area contributed by atoms with E-state index in [1.807, 2.05) is 12.1 Å². The van der Waals surface area contributed by atoms with Gasteiger partial charge in [-0.2, -0.15) is 0 Å². The van der Waals surface area contributed by atoms with E-state index in [0.29, 0.717) is 31.7 Å². The Morgan fingerprint density at radius 1 is 1.12 bits per heavy atom. The van der Waals surface area contributed by atoms with E-state index in [-0.39, 0.29) is 0 Å². The van der Waals surface area contributed by atoms with Gasteiger partial charge in [-0.15, -0.1) is 0 Å². The van der Waals surface area contributed by atoms with Crippen LogP contribution >= 0.6 is 0 Å². The Balaban J connectivity index is 1.69. The fourth-order valence-corrected chi connectivity index (χ4v) is 3.72. The van der Waals surface area contributed by atoms with E-state index < -0.39 is 0 Å². The van der Waals surface area contributed by atoms with Crippen molar-refractivity contribution in [2.75, 3.05) is 6.79 Å². The number of hydrogen-bond acceptors (Lipinski definition) is 3. The zero-order chi connectivity index (χ0) is 16.8. The number of benzene rings is 1. The lowest BCUT2D eigenvalue weighted by atomic mass is 9.93. The van der Waals surface area contributed by atoms with Crippen LogP contribution in [0.4, 0.5) is 0 Å². The van der Waals surface area contributed by atoms with Crippen LogP contribution < -0.4 is 9.47 Å². The molecule has 1 aliphatic heterocycles. The first-order chi connectivity index (χ1) is 11.8. The molecule has 0 spiro atoms.